The molecule has 0 bridgehead atoms. The second-order valence-electron chi connectivity index (χ2n) is 9.73. The average Bonchev–Trinajstić information content (AvgIpc) is 3.66. The molecule has 0 aliphatic carbocycles. The van der Waals surface area contributed by atoms with E-state index in [2.05, 4.69) is 9.62 Å². The molecular weight excluding hydrogens is 540 g/mol. The van der Waals surface area contributed by atoms with Gasteiger partial charge in [-0.15, -0.1) is 22.7 Å². The summed E-state index contributed by atoms with van der Waals surface area (Å²) < 4.78 is 29.4. The number of carbonyl (C=O) groups is 2. The van der Waals surface area contributed by atoms with Crippen molar-refractivity contribution in [2.75, 3.05) is 32.7 Å². The summed E-state index contributed by atoms with van der Waals surface area (Å²) in [5.41, 5.74) is 0. The first-order chi connectivity index (χ1) is 17.2. The first-order valence-corrected chi connectivity index (χ1v) is 15.9. The number of nitrogens with one attached hydrogen (secondary N) is 1. The van der Waals surface area contributed by atoms with Crippen molar-refractivity contribution in [1.82, 2.24) is 19.4 Å². The van der Waals surface area contributed by atoms with E-state index in [0.29, 0.717) is 17.3 Å². The topological polar surface area (TPSA) is 90.0 Å². The van der Waals surface area contributed by atoms with Crippen LogP contribution in [0.3, 0.4) is 0 Å². The third kappa shape index (κ3) is 5.37. The van der Waals surface area contributed by atoms with Crippen LogP contribution in [0.1, 0.15) is 39.0 Å². The Kier molecular flexibility index (Phi) is 7.77. The Morgan fingerprint density at radius 3 is 2.50 bits per heavy atom. The van der Waals surface area contributed by atoms with Crippen molar-refractivity contribution in [2.45, 2.75) is 61.4 Å². The zero-order valence-corrected chi connectivity index (χ0v) is 23.4. The number of thiophene rings is 2. The highest BCUT2D eigenvalue weighted by atomic mass is 35.5. The van der Waals surface area contributed by atoms with Gasteiger partial charge in [-0.25, -0.2) is 8.42 Å². The smallest absolute Gasteiger partial charge is 0.250 e. The van der Waals surface area contributed by atoms with Crippen molar-refractivity contribution in [2.24, 2.45) is 0 Å². The van der Waals surface area contributed by atoms with E-state index < -0.39 is 22.1 Å². The lowest BCUT2D eigenvalue weighted by atomic mass is 10.2. The molecule has 12 heteroatoms. The van der Waals surface area contributed by atoms with Gasteiger partial charge in [-0.1, -0.05) is 11.6 Å². The van der Waals surface area contributed by atoms with Crippen LogP contribution < -0.4 is 4.72 Å². The first-order valence-electron chi connectivity index (χ1n) is 12.4. The summed E-state index contributed by atoms with van der Waals surface area (Å²) in [6.07, 6.45) is 4.74. The number of hydrogen-bond acceptors (Lipinski definition) is 7. The van der Waals surface area contributed by atoms with Gasteiger partial charge in [0.1, 0.15) is 16.3 Å². The van der Waals surface area contributed by atoms with Gasteiger partial charge in [0.15, 0.2) is 0 Å². The maximum Gasteiger partial charge on any atom is 0.250 e. The maximum absolute atomic E-state index is 13.4. The Balaban J connectivity index is 1.21. The molecule has 0 aromatic carbocycles. The van der Waals surface area contributed by atoms with Crippen molar-refractivity contribution < 1.29 is 18.0 Å². The van der Waals surface area contributed by atoms with E-state index in [4.69, 9.17) is 11.6 Å². The summed E-state index contributed by atoms with van der Waals surface area (Å²) >= 11 is 8.54. The van der Waals surface area contributed by atoms with Gasteiger partial charge in [0.05, 0.1) is 4.34 Å². The van der Waals surface area contributed by atoms with E-state index in [1.54, 1.807) is 25.1 Å². The zero-order valence-electron chi connectivity index (χ0n) is 20.2. The van der Waals surface area contributed by atoms with E-state index in [-0.39, 0.29) is 22.1 Å². The number of likely N-dealkylation sites (tertiary alicyclic amines) is 3. The van der Waals surface area contributed by atoms with Gasteiger partial charge in [-0.05, 0) is 76.4 Å². The van der Waals surface area contributed by atoms with Crippen molar-refractivity contribution in [3.63, 3.8) is 0 Å². The van der Waals surface area contributed by atoms with Crippen LogP contribution in [-0.4, -0.2) is 85.8 Å². The minimum atomic E-state index is -3.87. The molecule has 0 radical (unpaired) electrons. The van der Waals surface area contributed by atoms with Gasteiger partial charge in [-0.3, -0.25) is 9.59 Å². The van der Waals surface area contributed by atoms with Crippen LogP contribution in [-0.2, 0) is 19.6 Å². The van der Waals surface area contributed by atoms with Crippen LogP contribution in [0.4, 0.5) is 0 Å². The molecule has 5 rings (SSSR count). The Hall–Kier alpha value is -1.50. The summed E-state index contributed by atoms with van der Waals surface area (Å²) in [5.74, 6) is -0.373. The number of carbonyl (C=O) groups excluding carboxylic acids is 2. The predicted octanol–water partition coefficient (Wildman–Crippen LogP) is 3.48. The summed E-state index contributed by atoms with van der Waals surface area (Å²) in [7, 11) is -3.87. The van der Waals surface area contributed by atoms with Gasteiger partial charge in [-0.2, -0.15) is 4.72 Å². The molecule has 3 aliphatic rings. The van der Waals surface area contributed by atoms with Crippen LogP contribution in [0.25, 0.3) is 9.75 Å². The molecule has 0 unspecified atom stereocenters. The lowest BCUT2D eigenvalue weighted by molar-refractivity contribution is -0.144. The summed E-state index contributed by atoms with van der Waals surface area (Å²) in [5, 5.41) is 0. The molecule has 2 amide bonds. The predicted molar refractivity (Wildman–Crippen MR) is 143 cm³/mol. The molecule has 8 nitrogen and oxygen atoms in total. The van der Waals surface area contributed by atoms with Crippen LogP contribution in [0.15, 0.2) is 28.5 Å². The fourth-order valence-corrected chi connectivity index (χ4v) is 9.12. The molecule has 5 heterocycles. The summed E-state index contributed by atoms with van der Waals surface area (Å²) in [4.78, 5) is 34.2. The molecule has 3 saturated heterocycles. The van der Waals surface area contributed by atoms with Crippen molar-refractivity contribution in [3.05, 3.63) is 28.6 Å². The second kappa shape index (κ2) is 10.7. The van der Waals surface area contributed by atoms with E-state index in [1.165, 1.54) is 29.1 Å². The fraction of sp³-hybridized carbons (Fsp3) is 0.583. The second-order valence-corrected chi connectivity index (χ2v) is 14.5. The van der Waals surface area contributed by atoms with Crippen LogP contribution >= 0.6 is 34.3 Å². The zero-order chi connectivity index (χ0) is 25.4. The van der Waals surface area contributed by atoms with Gasteiger partial charge < -0.3 is 14.7 Å². The van der Waals surface area contributed by atoms with Crippen LogP contribution in [0, 0.1) is 0 Å². The fourth-order valence-electron chi connectivity index (χ4n) is 5.44. The third-order valence-corrected chi connectivity index (χ3v) is 11.8. The molecule has 2 aromatic heterocycles. The molecule has 36 heavy (non-hydrogen) atoms. The van der Waals surface area contributed by atoms with Crippen LogP contribution in [0.5, 0.6) is 0 Å². The Morgan fingerprint density at radius 1 is 1.06 bits per heavy atom. The lowest BCUT2D eigenvalue weighted by Crippen LogP contribution is -2.52. The normalized spacial score (nSPS) is 24.2. The lowest BCUT2D eigenvalue weighted by Gasteiger charge is -2.33. The van der Waals surface area contributed by atoms with Gasteiger partial charge >= 0.3 is 0 Å². The number of sulfonamides is 1. The standard InChI is InChI=1S/C24H31ClN4O4S3/c1-16(23(30)29-13-4-5-17(29)15-27-11-2-3-12-27)28-14-10-18(24(28)31)26-36(32,33)22-9-7-20(35-22)19-6-8-21(25)34-19/h6-9,16-18,26H,2-5,10-15H2,1H3/t16-,17-,18-/m0/s1. The number of halogens is 1. The van der Waals surface area contributed by atoms with E-state index in [9.17, 15) is 18.0 Å². The highest BCUT2D eigenvalue weighted by Crippen LogP contribution is 2.37. The number of hydrogen-bond donors (Lipinski definition) is 1. The molecule has 196 valence electrons. The number of nitrogens with zero attached hydrogens (tertiary/aromatic N) is 3. The third-order valence-electron chi connectivity index (χ3n) is 7.35. The molecule has 3 atom stereocenters. The molecule has 0 saturated carbocycles. The molecule has 3 aliphatic heterocycles. The molecular formula is C24H31ClN4O4S3. The summed E-state index contributed by atoms with van der Waals surface area (Å²) in [6.45, 7) is 5.92. The Morgan fingerprint density at radius 2 is 1.78 bits per heavy atom. The van der Waals surface area contributed by atoms with Gasteiger partial charge in [0, 0.05) is 35.4 Å². The monoisotopic (exact) mass is 570 g/mol. The molecule has 1 N–H and O–H groups in total. The van der Waals surface area contributed by atoms with E-state index in [1.807, 2.05) is 11.0 Å². The van der Waals surface area contributed by atoms with Crippen LogP contribution in [0.2, 0.25) is 4.34 Å². The molecule has 2 aromatic rings. The molecule has 0 spiro atoms. The highest BCUT2D eigenvalue weighted by Gasteiger charge is 2.42. The minimum absolute atomic E-state index is 0.0361. The number of rotatable bonds is 8. The largest absolute Gasteiger partial charge is 0.337 e. The van der Waals surface area contributed by atoms with Crippen molar-refractivity contribution in [1.29, 1.82) is 0 Å². The Bertz CT molecular complexity index is 1220. The van der Waals surface area contributed by atoms with Crippen molar-refractivity contribution >= 4 is 56.1 Å². The average molecular weight is 571 g/mol. The van der Waals surface area contributed by atoms with E-state index >= 15 is 0 Å². The maximum atomic E-state index is 13.4. The summed E-state index contributed by atoms with van der Waals surface area (Å²) in [6, 6.07) is 5.64. The molecule has 3 fully saturated rings. The number of amides is 2. The van der Waals surface area contributed by atoms with Gasteiger partial charge in [0.25, 0.3) is 10.0 Å². The highest BCUT2D eigenvalue weighted by molar-refractivity contribution is 7.91. The van der Waals surface area contributed by atoms with E-state index in [0.717, 1.165) is 60.1 Å². The first kappa shape index (κ1) is 26.1. The van der Waals surface area contributed by atoms with Gasteiger partial charge in [0.2, 0.25) is 11.8 Å². The quantitative estimate of drug-likeness (QED) is 0.525. The van der Waals surface area contributed by atoms with Crippen molar-refractivity contribution in [3.8, 4) is 9.75 Å². The Labute approximate surface area is 225 Å². The SMILES string of the molecule is C[C@@H](C(=O)N1CCC[C@H]1CN1CCCC1)N1CC[C@H](NS(=O)(=O)c2ccc(-c3ccc(Cl)s3)s2)C1=O. The minimum Gasteiger partial charge on any atom is -0.337 e.